The predicted molar refractivity (Wildman–Crippen MR) is 52.0 cm³/mol. The van der Waals surface area contributed by atoms with Crippen molar-refractivity contribution in [2.45, 2.75) is 19.4 Å². The molecule has 78 valence electrons. The molecule has 0 atom stereocenters. The van der Waals surface area contributed by atoms with Crippen molar-refractivity contribution in [2.75, 3.05) is 13.1 Å². The molecule has 1 heterocycles. The molecule has 0 aliphatic carbocycles. The SMILES string of the molecule is O=C(O)CCNCCCn1ccnc1. The van der Waals surface area contributed by atoms with Crippen LogP contribution in [0.25, 0.3) is 0 Å². The van der Waals surface area contributed by atoms with E-state index in [2.05, 4.69) is 10.3 Å². The lowest BCUT2D eigenvalue weighted by atomic mass is 10.4. The van der Waals surface area contributed by atoms with Crippen molar-refractivity contribution in [3.8, 4) is 0 Å². The third-order valence-electron chi connectivity index (χ3n) is 1.84. The van der Waals surface area contributed by atoms with Gasteiger partial charge in [0.25, 0.3) is 0 Å². The van der Waals surface area contributed by atoms with Crippen LogP contribution in [-0.2, 0) is 11.3 Å². The van der Waals surface area contributed by atoms with Crippen LogP contribution in [0.4, 0.5) is 0 Å². The molecule has 0 unspecified atom stereocenters. The van der Waals surface area contributed by atoms with E-state index in [1.807, 2.05) is 10.8 Å². The lowest BCUT2D eigenvalue weighted by Gasteiger charge is -2.03. The van der Waals surface area contributed by atoms with E-state index in [-0.39, 0.29) is 6.42 Å². The summed E-state index contributed by atoms with van der Waals surface area (Å²) in [7, 11) is 0. The standard InChI is InChI=1S/C9H15N3O2/c13-9(14)2-4-10-3-1-6-12-7-5-11-8-12/h5,7-8,10H,1-4,6H2,(H,13,14). The van der Waals surface area contributed by atoms with E-state index in [1.165, 1.54) is 0 Å². The minimum Gasteiger partial charge on any atom is -0.481 e. The first-order chi connectivity index (χ1) is 6.79. The molecule has 0 aliphatic heterocycles. The smallest absolute Gasteiger partial charge is 0.304 e. The zero-order valence-electron chi connectivity index (χ0n) is 8.02. The van der Waals surface area contributed by atoms with Gasteiger partial charge in [-0.2, -0.15) is 0 Å². The van der Waals surface area contributed by atoms with Gasteiger partial charge in [-0.3, -0.25) is 4.79 Å². The maximum atomic E-state index is 10.2. The summed E-state index contributed by atoms with van der Waals surface area (Å²) in [6.45, 7) is 2.30. The number of carboxylic acids is 1. The van der Waals surface area contributed by atoms with Crippen LogP contribution in [0.15, 0.2) is 18.7 Å². The summed E-state index contributed by atoms with van der Waals surface area (Å²) in [5.74, 6) is -0.757. The Hall–Kier alpha value is -1.36. The van der Waals surface area contributed by atoms with Crippen molar-refractivity contribution in [3.63, 3.8) is 0 Å². The third kappa shape index (κ3) is 4.61. The molecule has 0 fully saturated rings. The number of carbonyl (C=O) groups is 1. The number of hydrogen-bond donors (Lipinski definition) is 2. The molecule has 0 bridgehead atoms. The highest BCUT2D eigenvalue weighted by molar-refractivity contribution is 5.66. The molecule has 0 spiro atoms. The van der Waals surface area contributed by atoms with Gasteiger partial charge in [-0.15, -0.1) is 0 Å². The average Bonchev–Trinajstić information content (AvgIpc) is 2.63. The number of hydrogen-bond acceptors (Lipinski definition) is 3. The van der Waals surface area contributed by atoms with Gasteiger partial charge < -0.3 is 15.0 Å². The lowest BCUT2D eigenvalue weighted by molar-refractivity contribution is -0.136. The van der Waals surface area contributed by atoms with Gasteiger partial charge >= 0.3 is 5.97 Å². The molecule has 14 heavy (non-hydrogen) atoms. The number of aryl methyl sites for hydroxylation is 1. The van der Waals surface area contributed by atoms with Crippen molar-refractivity contribution < 1.29 is 9.90 Å². The Labute approximate surface area is 82.8 Å². The predicted octanol–water partition coefficient (Wildman–Crippen LogP) is 0.337. The largest absolute Gasteiger partial charge is 0.481 e. The van der Waals surface area contributed by atoms with E-state index in [4.69, 9.17) is 5.11 Å². The van der Waals surface area contributed by atoms with E-state index < -0.39 is 5.97 Å². The monoisotopic (exact) mass is 197 g/mol. The summed E-state index contributed by atoms with van der Waals surface area (Å²) in [4.78, 5) is 14.1. The van der Waals surface area contributed by atoms with E-state index >= 15 is 0 Å². The van der Waals surface area contributed by atoms with Gasteiger partial charge in [0.2, 0.25) is 0 Å². The van der Waals surface area contributed by atoms with Crippen molar-refractivity contribution in [1.82, 2.24) is 14.9 Å². The van der Waals surface area contributed by atoms with Crippen LogP contribution >= 0.6 is 0 Å². The summed E-state index contributed by atoms with van der Waals surface area (Å²) in [6, 6.07) is 0. The minimum absolute atomic E-state index is 0.186. The number of nitrogens with one attached hydrogen (secondary N) is 1. The molecule has 0 saturated carbocycles. The van der Waals surface area contributed by atoms with E-state index in [0.29, 0.717) is 6.54 Å². The van der Waals surface area contributed by atoms with Gasteiger partial charge in [0.05, 0.1) is 12.7 Å². The molecule has 0 amide bonds. The number of aromatic nitrogens is 2. The lowest BCUT2D eigenvalue weighted by Crippen LogP contribution is -2.20. The first kappa shape index (κ1) is 10.7. The van der Waals surface area contributed by atoms with Crippen LogP contribution in [0.1, 0.15) is 12.8 Å². The normalized spacial score (nSPS) is 10.3. The highest BCUT2D eigenvalue weighted by Crippen LogP contribution is 1.88. The van der Waals surface area contributed by atoms with Crippen molar-refractivity contribution in [2.24, 2.45) is 0 Å². The molecule has 0 radical (unpaired) electrons. The number of rotatable bonds is 7. The summed E-state index contributed by atoms with van der Waals surface area (Å²) >= 11 is 0. The molecule has 5 heteroatoms. The first-order valence-electron chi connectivity index (χ1n) is 4.67. The van der Waals surface area contributed by atoms with Gasteiger partial charge in [0, 0.05) is 25.5 Å². The molecule has 0 aliphatic rings. The zero-order chi connectivity index (χ0) is 10.2. The van der Waals surface area contributed by atoms with Gasteiger partial charge in [0.15, 0.2) is 0 Å². The summed E-state index contributed by atoms with van der Waals surface area (Å²) in [5.41, 5.74) is 0. The second kappa shape index (κ2) is 6.15. The topological polar surface area (TPSA) is 67.2 Å². The second-order valence-corrected chi connectivity index (χ2v) is 3.05. The highest BCUT2D eigenvalue weighted by Gasteiger charge is 1.95. The molecular weight excluding hydrogens is 182 g/mol. The maximum Gasteiger partial charge on any atom is 0.304 e. The molecule has 5 nitrogen and oxygen atoms in total. The van der Waals surface area contributed by atoms with Crippen molar-refractivity contribution >= 4 is 5.97 Å². The summed E-state index contributed by atoms with van der Waals surface area (Å²) in [6.07, 6.45) is 6.60. The van der Waals surface area contributed by atoms with Crippen LogP contribution in [0.5, 0.6) is 0 Å². The number of aliphatic carboxylic acids is 1. The number of nitrogens with zero attached hydrogens (tertiary/aromatic N) is 2. The van der Waals surface area contributed by atoms with E-state index in [1.54, 1.807) is 12.5 Å². The van der Waals surface area contributed by atoms with Crippen LogP contribution in [-0.4, -0.2) is 33.7 Å². The molecule has 1 aromatic rings. The zero-order valence-corrected chi connectivity index (χ0v) is 8.02. The molecule has 1 aromatic heterocycles. The summed E-state index contributed by atoms with van der Waals surface area (Å²) in [5, 5.41) is 11.4. The van der Waals surface area contributed by atoms with Crippen LogP contribution in [0.2, 0.25) is 0 Å². The number of carboxylic acid groups (broad SMARTS) is 1. The van der Waals surface area contributed by atoms with Crippen LogP contribution in [0, 0.1) is 0 Å². The average molecular weight is 197 g/mol. The Morgan fingerprint density at radius 2 is 2.36 bits per heavy atom. The summed E-state index contributed by atoms with van der Waals surface area (Å²) < 4.78 is 2.00. The molecular formula is C9H15N3O2. The van der Waals surface area contributed by atoms with Crippen LogP contribution < -0.4 is 5.32 Å². The van der Waals surface area contributed by atoms with Gasteiger partial charge in [-0.1, -0.05) is 0 Å². The van der Waals surface area contributed by atoms with E-state index in [9.17, 15) is 4.79 Å². The van der Waals surface area contributed by atoms with E-state index in [0.717, 1.165) is 19.5 Å². The maximum absolute atomic E-state index is 10.2. The Balaban J connectivity index is 1.92. The van der Waals surface area contributed by atoms with Gasteiger partial charge in [0.1, 0.15) is 0 Å². The molecule has 2 N–H and O–H groups in total. The Morgan fingerprint density at radius 1 is 1.50 bits per heavy atom. The third-order valence-corrected chi connectivity index (χ3v) is 1.84. The quantitative estimate of drug-likeness (QED) is 0.618. The fourth-order valence-electron chi connectivity index (χ4n) is 1.13. The van der Waals surface area contributed by atoms with Crippen molar-refractivity contribution in [3.05, 3.63) is 18.7 Å². The van der Waals surface area contributed by atoms with Gasteiger partial charge in [-0.05, 0) is 13.0 Å². The van der Waals surface area contributed by atoms with Gasteiger partial charge in [-0.25, -0.2) is 4.98 Å². The fraction of sp³-hybridized carbons (Fsp3) is 0.556. The van der Waals surface area contributed by atoms with Crippen LogP contribution in [0.3, 0.4) is 0 Å². The second-order valence-electron chi connectivity index (χ2n) is 3.05. The highest BCUT2D eigenvalue weighted by atomic mass is 16.4. The molecule has 0 saturated heterocycles. The fourth-order valence-corrected chi connectivity index (χ4v) is 1.13. The Morgan fingerprint density at radius 3 is 3.00 bits per heavy atom. The number of imidazole rings is 1. The Kier molecular flexibility index (Phi) is 4.71. The Bertz CT molecular complexity index is 259. The first-order valence-corrected chi connectivity index (χ1v) is 4.67. The molecule has 0 aromatic carbocycles. The minimum atomic E-state index is -0.757. The molecule has 1 rings (SSSR count). The van der Waals surface area contributed by atoms with Crippen molar-refractivity contribution in [1.29, 1.82) is 0 Å².